The minimum atomic E-state index is -1.18. The van der Waals surface area contributed by atoms with Gasteiger partial charge in [0.1, 0.15) is 29.6 Å². The van der Waals surface area contributed by atoms with Gasteiger partial charge in [-0.05, 0) is 32.3 Å². The van der Waals surface area contributed by atoms with E-state index in [0.29, 0.717) is 31.5 Å². The molecule has 9 nitrogen and oxygen atoms in total. The zero-order chi connectivity index (χ0) is 30.5. The number of rotatable bonds is 6. The summed E-state index contributed by atoms with van der Waals surface area (Å²) in [5, 5.41) is 2.36. The molecule has 1 aromatic heterocycles. The second kappa shape index (κ2) is 11.0. The zero-order valence-electron chi connectivity index (χ0n) is 23.4. The van der Waals surface area contributed by atoms with Crippen LogP contribution in [0.2, 0.25) is 0 Å². The highest BCUT2D eigenvalue weighted by molar-refractivity contribution is 8.02. The number of benzene rings is 2. The molecule has 2 atom stereocenters. The van der Waals surface area contributed by atoms with Crippen molar-refractivity contribution in [2.75, 3.05) is 13.1 Å². The van der Waals surface area contributed by atoms with Crippen LogP contribution in [-0.4, -0.2) is 44.2 Å². The molecule has 43 heavy (non-hydrogen) atoms. The van der Waals surface area contributed by atoms with Crippen molar-refractivity contribution >= 4 is 23.6 Å². The molecule has 0 unspecified atom stereocenters. The van der Waals surface area contributed by atoms with Crippen LogP contribution in [0.1, 0.15) is 64.7 Å². The fourth-order valence-electron chi connectivity index (χ4n) is 5.77. The van der Waals surface area contributed by atoms with E-state index in [9.17, 15) is 27.6 Å². The van der Waals surface area contributed by atoms with E-state index < -0.39 is 62.6 Å². The van der Waals surface area contributed by atoms with E-state index in [0.717, 1.165) is 5.56 Å². The largest absolute Gasteiger partial charge is 0.483 e. The Morgan fingerprint density at radius 1 is 1.16 bits per heavy atom. The summed E-state index contributed by atoms with van der Waals surface area (Å²) in [6.07, 6.45) is 2.52. The van der Waals surface area contributed by atoms with Gasteiger partial charge in [-0.2, -0.15) is 5.48 Å². The van der Waals surface area contributed by atoms with Crippen LogP contribution in [0.5, 0.6) is 5.75 Å². The molecule has 0 radical (unpaired) electrons. The van der Waals surface area contributed by atoms with Crippen molar-refractivity contribution in [3.8, 4) is 5.75 Å². The van der Waals surface area contributed by atoms with E-state index in [4.69, 9.17) is 9.57 Å². The lowest BCUT2D eigenvalue weighted by Gasteiger charge is -2.41. The average Bonchev–Trinajstić information content (AvgIpc) is 3.18. The number of thioether (sulfide) groups is 1. The van der Waals surface area contributed by atoms with Crippen molar-refractivity contribution in [1.82, 2.24) is 20.3 Å². The molecule has 2 saturated heterocycles. The summed E-state index contributed by atoms with van der Waals surface area (Å²) in [6, 6.07) is 9.52. The first-order chi connectivity index (χ1) is 20.5. The fraction of sp³-hybridized carbons (Fsp3) is 0.367. The molecule has 3 aliphatic rings. The highest BCUT2D eigenvalue weighted by atomic mass is 32.2. The molecule has 2 bridgehead atoms. The first kappa shape index (κ1) is 29.3. The maximum atomic E-state index is 14.3. The molecule has 226 valence electrons. The van der Waals surface area contributed by atoms with Gasteiger partial charge in [-0.25, -0.2) is 13.2 Å². The minimum Gasteiger partial charge on any atom is -0.483 e. The number of nitrogens with one attached hydrogen (secondary N) is 2. The van der Waals surface area contributed by atoms with Gasteiger partial charge in [0.15, 0.2) is 16.4 Å². The molecular formula is C30H29F3N4O5S. The zero-order valence-corrected chi connectivity index (χ0v) is 24.2. The Labute approximate surface area is 249 Å². The maximum Gasteiger partial charge on any atom is 0.274 e. The highest BCUT2D eigenvalue weighted by Gasteiger charge is 2.56. The summed E-state index contributed by atoms with van der Waals surface area (Å²) >= 11 is 1.56. The molecule has 6 rings (SSSR count). The second-order valence-corrected chi connectivity index (χ2v) is 13.2. The number of halogens is 3. The molecule has 2 aromatic carbocycles. The van der Waals surface area contributed by atoms with Crippen LogP contribution >= 0.6 is 11.8 Å². The van der Waals surface area contributed by atoms with Gasteiger partial charge in [0.2, 0.25) is 5.43 Å². The number of aromatic nitrogens is 1. The minimum absolute atomic E-state index is 0.000430. The monoisotopic (exact) mass is 614 g/mol. The average molecular weight is 615 g/mol. The Morgan fingerprint density at radius 3 is 2.56 bits per heavy atom. The van der Waals surface area contributed by atoms with Crippen LogP contribution in [0.25, 0.3) is 0 Å². The Bertz CT molecular complexity index is 1640. The number of nitrogens with zero attached hydrogens (tertiary/aromatic N) is 2. The van der Waals surface area contributed by atoms with Crippen molar-refractivity contribution in [2.45, 2.75) is 55.7 Å². The number of pyridine rings is 1. The van der Waals surface area contributed by atoms with Crippen LogP contribution < -0.4 is 21.0 Å². The lowest BCUT2D eigenvalue weighted by Crippen LogP contribution is -2.50. The number of carbonyl (C=O) groups is 2. The maximum absolute atomic E-state index is 14.3. The van der Waals surface area contributed by atoms with Crippen molar-refractivity contribution in [3.63, 3.8) is 0 Å². The molecule has 3 aromatic rings. The quantitative estimate of drug-likeness (QED) is 0.428. The van der Waals surface area contributed by atoms with Gasteiger partial charge >= 0.3 is 0 Å². The van der Waals surface area contributed by atoms with Crippen molar-refractivity contribution in [2.24, 2.45) is 0 Å². The van der Waals surface area contributed by atoms with E-state index in [2.05, 4.69) is 10.8 Å². The van der Waals surface area contributed by atoms with E-state index >= 15 is 0 Å². The lowest BCUT2D eigenvalue weighted by molar-refractivity contribution is -0.0735. The highest BCUT2D eigenvalue weighted by Crippen LogP contribution is 2.53. The van der Waals surface area contributed by atoms with Crippen molar-refractivity contribution in [3.05, 3.63) is 98.7 Å². The van der Waals surface area contributed by atoms with Crippen LogP contribution in [0.4, 0.5) is 13.2 Å². The van der Waals surface area contributed by atoms with Crippen LogP contribution in [0.15, 0.2) is 53.5 Å². The molecule has 0 aliphatic carbocycles. The molecule has 3 aliphatic heterocycles. The van der Waals surface area contributed by atoms with E-state index in [1.54, 1.807) is 45.5 Å². The van der Waals surface area contributed by atoms with Gasteiger partial charge in [-0.1, -0.05) is 42.1 Å². The number of hydrogen-bond acceptors (Lipinski definition) is 7. The third-order valence-electron chi connectivity index (χ3n) is 7.77. The number of hydrogen-bond donors (Lipinski definition) is 2. The topological polar surface area (TPSA) is 102 Å². The van der Waals surface area contributed by atoms with Crippen LogP contribution in [-0.2, 0) is 18.0 Å². The fourth-order valence-corrected chi connectivity index (χ4v) is 7.37. The van der Waals surface area contributed by atoms with E-state index in [1.807, 2.05) is 19.9 Å². The van der Waals surface area contributed by atoms with E-state index in [-0.39, 0.29) is 30.2 Å². The molecule has 0 saturated carbocycles. The second-order valence-electron chi connectivity index (χ2n) is 11.3. The van der Waals surface area contributed by atoms with Gasteiger partial charge in [0, 0.05) is 43.5 Å². The summed E-state index contributed by atoms with van der Waals surface area (Å²) in [4.78, 5) is 47.7. The third kappa shape index (κ3) is 5.41. The smallest absolute Gasteiger partial charge is 0.274 e. The molecule has 1 spiro atoms. The lowest BCUT2D eigenvalue weighted by atomic mass is 10.0. The number of hydroxylamine groups is 1. The summed E-state index contributed by atoms with van der Waals surface area (Å²) in [5.41, 5.74) is 2.01. The van der Waals surface area contributed by atoms with Gasteiger partial charge in [-0.3, -0.25) is 19.2 Å². The Kier molecular flexibility index (Phi) is 7.51. The summed E-state index contributed by atoms with van der Waals surface area (Å²) in [7, 11) is 0. The summed E-state index contributed by atoms with van der Waals surface area (Å²) in [5.74, 6) is -5.11. The molecule has 2 N–H and O–H groups in total. The van der Waals surface area contributed by atoms with Gasteiger partial charge < -0.3 is 19.5 Å². The van der Waals surface area contributed by atoms with Crippen LogP contribution in [0, 0.1) is 17.5 Å². The Morgan fingerprint density at radius 2 is 1.88 bits per heavy atom. The first-order valence-corrected chi connectivity index (χ1v) is 14.6. The van der Waals surface area contributed by atoms with Crippen LogP contribution in [0.3, 0.4) is 0 Å². The predicted octanol–water partition coefficient (Wildman–Crippen LogP) is 4.27. The van der Waals surface area contributed by atoms with Crippen molar-refractivity contribution in [1.29, 1.82) is 0 Å². The molecule has 2 amide bonds. The molecule has 13 heteroatoms. The van der Waals surface area contributed by atoms with Gasteiger partial charge in [0.25, 0.3) is 11.8 Å². The van der Waals surface area contributed by atoms with E-state index in [1.165, 1.54) is 6.20 Å². The Balaban J connectivity index is 1.44. The number of ether oxygens (including phenoxy) is 1. The summed E-state index contributed by atoms with van der Waals surface area (Å²) in [6.45, 7) is 3.96. The summed E-state index contributed by atoms with van der Waals surface area (Å²) < 4.78 is 49.5. The third-order valence-corrected chi connectivity index (χ3v) is 9.27. The SMILES string of the molecule is CC1(C)NO[C@@]2(CCCN3C[C@H]2n2cc(C(=O)NCc4c(F)cc(F)cc4F)c(=O)c(OCc4ccccc4)c2C3=O)S1. The van der Waals surface area contributed by atoms with Gasteiger partial charge in [0.05, 0.1) is 10.9 Å². The molecule has 2 fully saturated rings. The number of carbonyl (C=O) groups excluding carboxylic acids is 2. The Hall–Kier alpha value is -3.81. The predicted molar refractivity (Wildman–Crippen MR) is 152 cm³/mol. The first-order valence-electron chi connectivity index (χ1n) is 13.8. The molecular weight excluding hydrogens is 585 g/mol. The van der Waals surface area contributed by atoms with Crippen molar-refractivity contribution < 1.29 is 32.3 Å². The van der Waals surface area contributed by atoms with Gasteiger partial charge in [-0.15, -0.1) is 0 Å². The number of amides is 2. The standard InChI is InChI=1S/C30H29F3N4O5S/c1-29(2)35-42-30(43-29)9-6-10-36-15-23(30)37-14-20(27(39)34-13-19-21(32)11-18(31)12-22(19)33)25(38)26(24(37)28(36)40)41-16-17-7-4-3-5-8-17/h3-5,7-8,11-12,14,23,35H,6,9-10,13,15-16H2,1-2H3,(H,34,39)/t23-,30+/m1/s1. The number of fused-ring (bicyclic) bond motifs is 5. The molecule has 4 heterocycles. The normalized spacial score (nSPS) is 22.3.